The van der Waals surface area contributed by atoms with E-state index in [2.05, 4.69) is 10.5 Å². The van der Waals surface area contributed by atoms with Gasteiger partial charge in [0, 0.05) is 6.07 Å². The van der Waals surface area contributed by atoms with Gasteiger partial charge in [0.25, 0.3) is 0 Å². The predicted octanol–water partition coefficient (Wildman–Crippen LogP) is 0.664. The van der Waals surface area contributed by atoms with Gasteiger partial charge in [0.05, 0.1) is 18.8 Å². The number of hydrogen-bond acceptors (Lipinski definition) is 4. The summed E-state index contributed by atoms with van der Waals surface area (Å²) in [5.41, 5.74) is 5.53. The van der Waals surface area contributed by atoms with Gasteiger partial charge >= 0.3 is 0 Å². The summed E-state index contributed by atoms with van der Waals surface area (Å²) in [6, 6.07) is 1.17. The summed E-state index contributed by atoms with van der Waals surface area (Å²) in [4.78, 5) is 11.6. The van der Waals surface area contributed by atoms with Crippen molar-refractivity contribution >= 4 is 5.91 Å². The number of nitrogens with zero attached hydrogens (tertiary/aromatic N) is 1. The molecule has 0 spiro atoms. The molecule has 1 rings (SSSR count). The highest BCUT2D eigenvalue weighted by Gasteiger charge is 2.27. The van der Waals surface area contributed by atoms with Crippen LogP contribution in [0.25, 0.3) is 0 Å². The van der Waals surface area contributed by atoms with E-state index < -0.39 is 6.04 Å². The first-order valence-corrected chi connectivity index (χ1v) is 4.84. The van der Waals surface area contributed by atoms with E-state index in [9.17, 15) is 4.79 Å². The number of rotatable bonds is 3. The van der Waals surface area contributed by atoms with Crippen LogP contribution in [-0.2, 0) is 11.3 Å². The first-order chi connectivity index (χ1) is 6.91. The Labute approximate surface area is 89.0 Å². The van der Waals surface area contributed by atoms with Crippen LogP contribution in [0.2, 0.25) is 0 Å². The minimum Gasteiger partial charge on any atom is -0.360 e. The number of hydrogen-bond donors (Lipinski definition) is 2. The van der Waals surface area contributed by atoms with Crippen LogP contribution in [0.4, 0.5) is 0 Å². The van der Waals surface area contributed by atoms with E-state index in [1.54, 1.807) is 6.07 Å². The topological polar surface area (TPSA) is 81.2 Å². The Morgan fingerprint density at radius 3 is 2.80 bits per heavy atom. The fourth-order valence-corrected chi connectivity index (χ4v) is 1.01. The van der Waals surface area contributed by atoms with E-state index in [0.717, 1.165) is 0 Å². The van der Waals surface area contributed by atoms with Gasteiger partial charge in [0.2, 0.25) is 5.91 Å². The Balaban J connectivity index is 2.43. The molecule has 0 saturated carbocycles. The molecule has 5 heteroatoms. The maximum Gasteiger partial charge on any atom is 0.237 e. The quantitative estimate of drug-likeness (QED) is 0.769. The third-order valence-corrected chi connectivity index (χ3v) is 2.14. The van der Waals surface area contributed by atoms with Crippen molar-refractivity contribution in [1.82, 2.24) is 10.5 Å². The van der Waals surface area contributed by atoms with Crippen LogP contribution in [0.3, 0.4) is 0 Å². The zero-order valence-electron chi connectivity index (χ0n) is 9.28. The van der Waals surface area contributed by atoms with Crippen molar-refractivity contribution in [3.8, 4) is 0 Å². The Kier molecular flexibility index (Phi) is 3.47. The molecule has 1 heterocycles. The Hall–Kier alpha value is -1.36. The molecule has 1 aromatic heterocycles. The van der Waals surface area contributed by atoms with Gasteiger partial charge in [0.1, 0.15) is 0 Å². The summed E-state index contributed by atoms with van der Waals surface area (Å²) < 4.78 is 4.84. The number of amides is 1. The van der Waals surface area contributed by atoms with Crippen molar-refractivity contribution in [3.63, 3.8) is 0 Å². The second kappa shape index (κ2) is 4.44. The fraction of sp³-hybridized carbons (Fsp3) is 0.600. The lowest BCUT2D eigenvalue weighted by molar-refractivity contribution is -0.124. The molecule has 1 amide bonds. The number of aromatic nitrogens is 1. The highest BCUT2D eigenvalue weighted by Crippen LogP contribution is 2.17. The molecule has 1 atom stereocenters. The van der Waals surface area contributed by atoms with Crippen molar-refractivity contribution in [2.24, 2.45) is 11.1 Å². The number of carbonyl (C=O) groups excluding carboxylic acids is 1. The Morgan fingerprint density at radius 1 is 1.67 bits per heavy atom. The smallest absolute Gasteiger partial charge is 0.237 e. The van der Waals surface area contributed by atoms with E-state index in [4.69, 9.17) is 10.3 Å². The van der Waals surface area contributed by atoms with Crippen LogP contribution in [0.1, 0.15) is 26.5 Å². The lowest BCUT2D eigenvalue weighted by Crippen LogP contribution is -2.48. The molecule has 15 heavy (non-hydrogen) atoms. The summed E-state index contributed by atoms with van der Waals surface area (Å²) in [7, 11) is 0. The molecule has 0 bridgehead atoms. The lowest BCUT2D eigenvalue weighted by atomic mass is 9.87. The summed E-state index contributed by atoms with van der Waals surface area (Å²) in [5.74, 6) is 0.434. The first kappa shape index (κ1) is 11.7. The lowest BCUT2D eigenvalue weighted by Gasteiger charge is -2.25. The molecule has 0 fully saturated rings. The SMILES string of the molecule is CC(C)(C)C(N)C(=O)NCc1ccno1. The molecule has 3 N–H and O–H groups in total. The second-order valence-corrected chi connectivity index (χ2v) is 4.54. The summed E-state index contributed by atoms with van der Waals surface area (Å²) >= 11 is 0. The van der Waals surface area contributed by atoms with Gasteiger partial charge in [-0.25, -0.2) is 0 Å². The number of nitrogens with two attached hydrogens (primary N) is 1. The monoisotopic (exact) mass is 211 g/mol. The van der Waals surface area contributed by atoms with Crippen molar-refractivity contribution in [2.75, 3.05) is 0 Å². The first-order valence-electron chi connectivity index (χ1n) is 4.84. The van der Waals surface area contributed by atoms with Crippen LogP contribution in [0.15, 0.2) is 16.8 Å². The van der Waals surface area contributed by atoms with Crippen LogP contribution in [0.5, 0.6) is 0 Å². The average molecular weight is 211 g/mol. The van der Waals surface area contributed by atoms with Gasteiger partial charge in [-0.15, -0.1) is 0 Å². The minimum absolute atomic E-state index is 0.182. The van der Waals surface area contributed by atoms with Crippen molar-refractivity contribution < 1.29 is 9.32 Å². The van der Waals surface area contributed by atoms with Gasteiger partial charge < -0.3 is 15.6 Å². The van der Waals surface area contributed by atoms with Gasteiger partial charge in [-0.05, 0) is 5.41 Å². The normalized spacial score (nSPS) is 13.6. The summed E-state index contributed by atoms with van der Waals surface area (Å²) in [6.07, 6.45) is 1.53. The third-order valence-electron chi connectivity index (χ3n) is 2.14. The maximum absolute atomic E-state index is 11.6. The van der Waals surface area contributed by atoms with Crippen LogP contribution >= 0.6 is 0 Å². The van der Waals surface area contributed by atoms with E-state index >= 15 is 0 Å². The van der Waals surface area contributed by atoms with E-state index in [1.807, 2.05) is 20.8 Å². The molecular weight excluding hydrogens is 194 g/mol. The largest absolute Gasteiger partial charge is 0.360 e. The molecule has 84 valence electrons. The minimum atomic E-state index is -0.527. The number of carbonyl (C=O) groups is 1. The standard InChI is InChI=1S/C10H17N3O2/c1-10(2,3)8(11)9(14)12-6-7-4-5-13-15-7/h4-5,8H,6,11H2,1-3H3,(H,12,14). The molecule has 0 aromatic carbocycles. The van der Waals surface area contributed by atoms with Crippen molar-refractivity contribution in [1.29, 1.82) is 0 Å². The third kappa shape index (κ3) is 3.36. The maximum atomic E-state index is 11.6. The van der Waals surface area contributed by atoms with Gasteiger partial charge in [-0.1, -0.05) is 25.9 Å². The molecule has 0 saturated heterocycles. The second-order valence-electron chi connectivity index (χ2n) is 4.54. The molecule has 1 unspecified atom stereocenters. The molecule has 0 aliphatic rings. The van der Waals surface area contributed by atoms with E-state index in [-0.39, 0.29) is 11.3 Å². The predicted molar refractivity (Wildman–Crippen MR) is 55.8 cm³/mol. The van der Waals surface area contributed by atoms with Gasteiger partial charge in [-0.3, -0.25) is 4.79 Å². The molecule has 1 aromatic rings. The molecule has 5 nitrogen and oxygen atoms in total. The molecule has 0 aliphatic heterocycles. The Bertz CT molecular complexity index is 314. The van der Waals surface area contributed by atoms with Crippen molar-refractivity contribution in [3.05, 3.63) is 18.0 Å². The molecular formula is C10H17N3O2. The van der Waals surface area contributed by atoms with Crippen molar-refractivity contribution in [2.45, 2.75) is 33.4 Å². The van der Waals surface area contributed by atoms with Crippen LogP contribution in [0, 0.1) is 5.41 Å². The Morgan fingerprint density at radius 2 is 2.33 bits per heavy atom. The van der Waals surface area contributed by atoms with Gasteiger partial charge in [-0.2, -0.15) is 0 Å². The van der Waals surface area contributed by atoms with Gasteiger partial charge in [0.15, 0.2) is 5.76 Å². The molecule has 0 radical (unpaired) electrons. The molecule has 0 aliphatic carbocycles. The zero-order valence-corrected chi connectivity index (χ0v) is 9.28. The summed E-state index contributed by atoms with van der Waals surface area (Å²) in [6.45, 7) is 6.09. The highest BCUT2D eigenvalue weighted by atomic mass is 16.5. The van der Waals surface area contributed by atoms with Crippen LogP contribution < -0.4 is 11.1 Å². The summed E-state index contributed by atoms with van der Waals surface area (Å²) in [5, 5.41) is 6.23. The zero-order chi connectivity index (χ0) is 11.5. The average Bonchev–Trinajstić information content (AvgIpc) is 2.63. The number of nitrogens with one attached hydrogen (secondary N) is 1. The van der Waals surface area contributed by atoms with E-state index in [0.29, 0.717) is 12.3 Å². The van der Waals surface area contributed by atoms with E-state index in [1.165, 1.54) is 6.20 Å². The fourth-order valence-electron chi connectivity index (χ4n) is 1.01. The highest BCUT2D eigenvalue weighted by molar-refractivity contribution is 5.82. The van der Waals surface area contributed by atoms with Crippen LogP contribution in [-0.4, -0.2) is 17.1 Å².